The highest BCUT2D eigenvalue weighted by atomic mass is 31.2. The fourth-order valence-electron chi connectivity index (χ4n) is 4.83. The number of phosphoric ester groups is 1. The number of unbranched alkanes of at least 4 members (excludes halogenated alkanes) is 15. The Balaban J connectivity index is 4.05. The highest BCUT2D eigenvalue weighted by Crippen LogP contribution is 2.36. The summed E-state index contributed by atoms with van der Waals surface area (Å²) in [6, 6.07) is 0. The standard InChI is InChI=1S/C38H67O8P/c1-3-5-7-9-11-13-15-16-17-18-19-20-21-22-23-25-27-29-31-33-38(40)46-36(35-45-47(41,42)43)34-44-37(39)32-30-28-26-24-14-12-10-8-6-4-2/h11,13,16-17,19-20,22-23,36H,3-10,12,14-15,18,21,24-35H2,1-2H3,(H2,41,42,43)/b13-11-,17-16-,20-19-,23-22-/t36-/m1/s1. The maximum atomic E-state index is 12.3. The van der Waals surface area contributed by atoms with Crippen LogP contribution < -0.4 is 0 Å². The van der Waals surface area contributed by atoms with E-state index < -0.39 is 32.5 Å². The summed E-state index contributed by atoms with van der Waals surface area (Å²) in [5, 5.41) is 0. The molecule has 0 aliphatic rings. The molecule has 9 heteroatoms. The minimum atomic E-state index is -4.76. The molecule has 0 aromatic rings. The average Bonchev–Trinajstić information content (AvgIpc) is 3.04. The van der Waals surface area contributed by atoms with E-state index in [1.807, 2.05) is 0 Å². The van der Waals surface area contributed by atoms with Gasteiger partial charge in [0.25, 0.3) is 0 Å². The lowest BCUT2D eigenvalue weighted by atomic mass is 10.1. The van der Waals surface area contributed by atoms with Crippen LogP contribution in [0, 0.1) is 0 Å². The fourth-order valence-corrected chi connectivity index (χ4v) is 5.19. The molecule has 0 amide bonds. The quantitative estimate of drug-likeness (QED) is 0.0304. The van der Waals surface area contributed by atoms with Crippen molar-refractivity contribution < 1.29 is 37.9 Å². The third-order valence-electron chi connectivity index (χ3n) is 7.60. The van der Waals surface area contributed by atoms with Crippen LogP contribution in [0.1, 0.15) is 162 Å². The van der Waals surface area contributed by atoms with Gasteiger partial charge >= 0.3 is 19.8 Å². The molecule has 0 rings (SSSR count). The van der Waals surface area contributed by atoms with Gasteiger partial charge < -0.3 is 19.3 Å². The molecule has 0 aliphatic carbocycles. The zero-order valence-electron chi connectivity index (χ0n) is 29.7. The van der Waals surface area contributed by atoms with Gasteiger partial charge in [0, 0.05) is 12.8 Å². The number of phosphoric acid groups is 1. The summed E-state index contributed by atoms with van der Waals surface area (Å²) >= 11 is 0. The maximum Gasteiger partial charge on any atom is 0.469 e. The Morgan fingerprint density at radius 1 is 0.553 bits per heavy atom. The molecule has 0 unspecified atom stereocenters. The van der Waals surface area contributed by atoms with Crippen LogP contribution in [0.15, 0.2) is 48.6 Å². The number of esters is 2. The van der Waals surface area contributed by atoms with Crippen molar-refractivity contribution in [3.63, 3.8) is 0 Å². The Labute approximate surface area is 286 Å². The number of hydrogen-bond donors (Lipinski definition) is 2. The molecule has 0 aliphatic heterocycles. The Hall–Kier alpha value is -1.99. The zero-order chi connectivity index (χ0) is 34.7. The topological polar surface area (TPSA) is 119 Å². The van der Waals surface area contributed by atoms with E-state index in [-0.39, 0.29) is 19.4 Å². The number of hydrogen-bond acceptors (Lipinski definition) is 6. The summed E-state index contributed by atoms with van der Waals surface area (Å²) in [6.07, 6.45) is 39.8. The Morgan fingerprint density at radius 3 is 1.47 bits per heavy atom. The molecule has 0 saturated carbocycles. The molecule has 0 aromatic heterocycles. The number of ether oxygens (including phenoxy) is 2. The van der Waals surface area contributed by atoms with Gasteiger partial charge in [-0.3, -0.25) is 14.1 Å². The zero-order valence-corrected chi connectivity index (χ0v) is 30.6. The van der Waals surface area contributed by atoms with Gasteiger partial charge in [-0.1, -0.05) is 140 Å². The molecular formula is C38H67O8P. The van der Waals surface area contributed by atoms with Gasteiger partial charge in [0.1, 0.15) is 6.61 Å². The van der Waals surface area contributed by atoms with Crippen LogP contribution in [0.4, 0.5) is 0 Å². The van der Waals surface area contributed by atoms with Crippen LogP contribution in [0.2, 0.25) is 0 Å². The molecule has 2 N–H and O–H groups in total. The predicted molar refractivity (Wildman–Crippen MR) is 193 cm³/mol. The third-order valence-corrected chi connectivity index (χ3v) is 8.09. The van der Waals surface area contributed by atoms with E-state index in [1.165, 1.54) is 70.6 Å². The van der Waals surface area contributed by atoms with E-state index in [0.29, 0.717) is 6.42 Å². The molecule has 0 fully saturated rings. The summed E-state index contributed by atoms with van der Waals surface area (Å²) in [6.45, 7) is 3.59. The highest BCUT2D eigenvalue weighted by molar-refractivity contribution is 7.46. The molecule has 0 aromatic carbocycles. The number of carbonyl (C=O) groups excluding carboxylic acids is 2. The number of allylic oxidation sites excluding steroid dienone is 8. The minimum absolute atomic E-state index is 0.174. The highest BCUT2D eigenvalue weighted by Gasteiger charge is 2.22. The molecule has 0 bridgehead atoms. The van der Waals surface area contributed by atoms with Crippen LogP contribution in [-0.2, 0) is 28.2 Å². The van der Waals surface area contributed by atoms with Crippen molar-refractivity contribution in [2.24, 2.45) is 0 Å². The normalized spacial score (nSPS) is 13.0. The lowest BCUT2D eigenvalue weighted by Crippen LogP contribution is -2.29. The largest absolute Gasteiger partial charge is 0.469 e. The summed E-state index contributed by atoms with van der Waals surface area (Å²) in [5.41, 5.74) is 0. The smallest absolute Gasteiger partial charge is 0.462 e. The van der Waals surface area contributed by atoms with Crippen molar-refractivity contribution in [3.05, 3.63) is 48.6 Å². The summed E-state index contributed by atoms with van der Waals surface area (Å²) in [4.78, 5) is 42.6. The first kappa shape index (κ1) is 45.0. The summed E-state index contributed by atoms with van der Waals surface area (Å²) < 4.78 is 26.2. The van der Waals surface area contributed by atoms with Gasteiger partial charge in [0.2, 0.25) is 0 Å². The first-order valence-electron chi connectivity index (χ1n) is 18.4. The lowest BCUT2D eigenvalue weighted by Gasteiger charge is -2.18. The van der Waals surface area contributed by atoms with E-state index in [0.717, 1.165) is 57.8 Å². The molecular weight excluding hydrogens is 615 g/mol. The van der Waals surface area contributed by atoms with Gasteiger partial charge in [0.15, 0.2) is 6.10 Å². The van der Waals surface area contributed by atoms with Gasteiger partial charge in [-0.2, -0.15) is 0 Å². The van der Waals surface area contributed by atoms with E-state index in [4.69, 9.17) is 19.3 Å². The Bertz CT molecular complexity index is 905. The molecule has 1 atom stereocenters. The molecule has 47 heavy (non-hydrogen) atoms. The van der Waals surface area contributed by atoms with E-state index in [1.54, 1.807) is 0 Å². The van der Waals surface area contributed by atoms with E-state index >= 15 is 0 Å². The number of rotatable bonds is 33. The van der Waals surface area contributed by atoms with E-state index in [2.05, 4.69) is 67.0 Å². The SMILES string of the molecule is CCCCC/C=C\C/C=C\C/C=C\C/C=C\CCCCCC(=O)O[C@H](COC(=O)CCCCCCCCCCCC)COP(=O)(O)O. The number of carbonyl (C=O) groups is 2. The average molecular weight is 683 g/mol. The monoisotopic (exact) mass is 682 g/mol. The molecule has 0 saturated heterocycles. The molecule has 272 valence electrons. The lowest BCUT2D eigenvalue weighted by molar-refractivity contribution is -0.161. The first-order chi connectivity index (χ1) is 22.8. The van der Waals surface area contributed by atoms with Crippen molar-refractivity contribution in [2.75, 3.05) is 13.2 Å². The van der Waals surface area contributed by atoms with Crippen LogP contribution in [0.25, 0.3) is 0 Å². The van der Waals surface area contributed by atoms with Crippen LogP contribution in [0.3, 0.4) is 0 Å². The molecule has 0 spiro atoms. The minimum Gasteiger partial charge on any atom is -0.462 e. The van der Waals surface area contributed by atoms with Crippen molar-refractivity contribution >= 4 is 19.8 Å². The maximum absolute atomic E-state index is 12.3. The van der Waals surface area contributed by atoms with E-state index in [9.17, 15) is 14.2 Å². The fraction of sp³-hybridized carbons (Fsp3) is 0.737. The second kappa shape index (κ2) is 33.9. The van der Waals surface area contributed by atoms with Gasteiger partial charge in [0.05, 0.1) is 6.61 Å². The van der Waals surface area contributed by atoms with Crippen molar-refractivity contribution in [3.8, 4) is 0 Å². The van der Waals surface area contributed by atoms with Crippen LogP contribution >= 0.6 is 7.82 Å². The predicted octanol–water partition coefficient (Wildman–Crippen LogP) is 10.8. The molecule has 0 heterocycles. The first-order valence-corrected chi connectivity index (χ1v) is 20.0. The van der Waals surface area contributed by atoms with Crippen molar-refractivity contribution in [2.45, 2.75) is 168 Å². The van der Waals surface area contributed by atoms with Crippen LogP contribution in [-0.4, -0.2) is 41.0 Å². The van der Waals surface area contributed by atoms with Gasteiger partial charge in [-0.25, -0.2) is 4.57 Å². The van der Waals surface area contributed by atoms with Gasteiger partial charge in [-0.15, -0.1) is 0 Å². The summed E-state index contributed by atoms with van der Waals surface area (Å²) in [5.74, 6) is -0.925. The molecule has 0 radical (unpaired) electrons. The third kappa shape index (κ3) is 36.7. The summed E-state index contributed by atoms with van der Waals surface area (Å²) in [7, 11) is -4.76. The molecule has 8 nitrogen and oxygen atoms in total. The van der Waals surface area contributed by atoms with Crippen molar-refractivity contribution in [1.82, 2.24) is 0 Å². The van der Waals surface area contributed by atoms with Crippen molar-refractivity contribution in [1.29, 1.82) is 0 Å². The van der Waals surface area contributed by atoms with Gasteiger partial charge in [-0.05, 0) is 57.8 Å². The Morgan fingerprint density at radius 2 is 0.957 bits per heavy atom. The van der Waals surface area contributed by atoms with Crippen LogP contribution in [0.5, 0.6) is 0 Å². The second-order valence-corrected chi connectivity index (χ2v) is 13.4. The Kier molecular flexibility index (Phi) is 32.5. The second-order valence-electron chi connectivity index (χ2n) is 12.2.